The van der Waals surface area contributed by atoms with Crippen molar-refractivity contribution in [3.05, 3.63) is 65.5 Å². The highest BCUT2D eigenvalue weighted by atomic mass is 19.1. The van der Waals surface area contributed by atoms with Crippen molar-refractivity contribution in [2.75, 3.05) is 5.32 Å². The van der Waals surface area contributed by atoms with Crippen LogP contribution in [0.5, 0.6) is 0 Å². The number of anilines is 1. The highest BCUT2D eigenvalue weighted by Gasteiger charge is 2.09. The molecule has 4 nitrogen and oxygen atoms in total. The van der Waals surface area contributed by atoms with Gasteiger partial charge < -0.3 is 10.6 Å². The van der Waals surface area contributed by atoms with Crippen molar-refractivity contribution in [1.82, 2.24) is 5.32 Å². The molecule has 0 aliphatic carbocycles. The van der Waals surface area contributed by atoms with Gasteiger partial charge in [0.25, 0.3) is 5.91 Å². The van der Waals surface area contributed by atoms with Crippen LogP contribution in [0.4, 0.5) is 10.1 Å². The summed E-state index contributed by atoms with van der Waals surface area (Å²) < 4.78 is 12.8. The lowest BCUT2D eigenvalue weighted by Crippen LogP contribution is -2.23. The zero-order chi connectivity index (χ0) is 14.4. The minimum atomic E-state index is -0.319. The number of nitrogens with one attached hydrogen (secondary N) is 2. The van der Waals surface area contributed by atoms with Crippen LogP contribution in [0.1, 0.15) is 15.9 Å². The maximum absolute atomic E-state index is 12.8. The maximum atomic E-state index is 12.8. The van der Waals surface area contributed by atoms with E-state index >= 15 is 0 Å². The van der Waals surface area contributed by atoms with Gasteiger partial charge in [0.05, 0.1) is 11.3 Å². The van der Waals surface area contributed by atoms with Gasteiger partial charge in [-0.1, -0.05) is 24.3 Å². The Balaban J connectivity index is 2.05. The first-order valence-corrected chi connectivity index (χ1v) is 6.02. The number of halogens is 1. The summed E-state index contributed by atoms with van der Waals surface area (Å²) in [6.07, 6.45) is 0.520. The predicted molar refractivity (Wildman–Crippen MR) is 73.7 cm³/mol. The molecule has 2 aromatic rings. The summed E-state index contributed by atoms with van der Waals surface area (Å²) in [5.74, 6) is -0.625. The molecule has 20 heavy (non-hydrogen) atoms. The monoisotopic (exact) mass is 272 g/mol. The van der Waals surface area contributed by atoms with Gasteiger partial charge in [-0.2, -0.15) is 0 Å². The van der Waals surface area contributed by atoms with E-state index in [1.807, 2.05) is 0 Å². The Morgan fingerprint density at radius 2 is 1.80 bits per heavy atom. The van der Waals surface area contributed by atoms with Gasteiger partial charge in [-0.15, -0.1) is 0 Å². The van der Waals surface area contributed by atoms with Crippen LogP contribution < -0.4 is 10.6 Å². The number of rotatable bonds is 5. The maximum Gasteiger partial charge on any atom is 0.253 e. The molecule has 0 bridgehead atoms. The molecule has 0 aliphatic heterocycles. The van der Waals surface area contributed by atoms with E-state index in [4.69, 9.17) is 0 Å². The number of carbonyl (C=O) groups excluding carboxylic acids is 2. The molecule has 0 radical (unpaired) electrons. The lowest BCUT2D eigenvalue weighted by atomic mass is 10.1. The largest absolute Gasteiger partial charge is 0.348 e. The van der Waals surface area contributed by atoms with Crippen LogP contribution in [-0.2, 0) is 11.3 Å². The summed E-state index contributed by atoms with van der Waals surface area (Å²) in [4.78, 5) is 22.5. The second kappa shape index (κ2) is 6.47. The molecule has 0 aromatic heterocycles. The number of para-hydroxylation sites is 1. The highest BCUT2D eigenvalue weighted by molar-refractivity contribution is 6.01. The average Bonchev–Trinajstić information content (AvgIpc) is 2.47. The fourth-order valence-electron chi connectivity index (χ4n) is 1.75. The van der Waals surface area contributed by atoms with Gasteiger partial charge in [0.1, 0.15) is 5.82 Å². The van der Waals surface area contributed by atoms with Gasteiger partial charge in [0, 0.05) is 6.54 Å². The van der Waals surface area contributed by atoms with E-state index < -0.39 is 0 Å². The fraction of sp³-hybridized carbons (Fsp3) is 0.0667. The van der Waals surface area contributed by atoms with Crippen molar-refractivity contribution in [2.24, 2.45) is 0 Å². The van der Waals surface area contributed by atoms with Crippen molar-refractivity contribution in [1.29, 1.82) is 0 Å². The summed E-state index contributed by atoms with van der Waals surface area (Å²) in [6, 6.07) is 12.6. The van der Waals surface area contributed by atoms with Crippen LogP contribution >= 0.6 is 0 Å². The SMILES string of the molecule is O=CNc1ccccc1C(=O)NCc1ccc(F)cc1. The van der Waals surface area contributed by atoms with E-state index in [1.54, 1.807) is 36.4 Å². The van der Waals surface area contributed by atoms with Crippen LogP contribution in [0.15, 0.2) is 48.5 Å². The summed E-state index contributed by atoms with van der Waals surface area (Å²) in [5, 5.41) is 5.19. The van der Waals surface area contributed by atoms with E-state index in [9.17, 15) is 14.0 Å². The zero-order valence-electron chi connectivity index (χ0n) is 10.6. The van der Waals surface area contributed by atoms with Crippen molar-refractivity contribution in [3.8, 4) is 0 Å². The minimum absolute atomic E-state index is 0.286. The first-order valence-electron chi connectivity index (χ1n) is 6.02. The van der Waals surface area contributed by atoms with Crippen LogP contribution in [0, 0.1) is 5.82 Å². The van der Waals surface area contributed by atoms with E-state index in [0.29, 0.717) is 17.7 Å². The van der Waals surface area contributed by atoms with Crippen molar-refractivity contribution < 1.29 is 14.0 Å². The molecular formula is C15H13FN2O2. The third kappa shape index (κ3) is 3.41. The molecule has 0 aliphatic rings. The first-order chi connectivity index (χ1) is 9.70. The van der Waals surface area contributed by atoms with Crippen molar-refractivity contribution >= 4 is 18.0 Å². The zero-order valence-corrected chi connectivity index (χ0v) is 10.6. The summed E-state index contributed by atoms with van der Waals surface area (Å²) in [5.41, 5.74) is 1.61. The van der Waals surface area contributed by atoms with Gasteiger partial charge in [-0.05, 0) is 29.8 Å². The van der Waals surface area contributed by atoms with Crippen LogP contribution in [0.3, 0.4) is 0 Å². The summed E-state index contributed by atoms with van der Waals surface area (Å²) >= 11 is 0. The van der Waals surface area contributed by atoms with E-state index in [1.165, 1.54) is 12.1 Å². The summed E-state index contributed by atoms with van der Waals surface area (Å²) in [7, 11) is 0. The van der Waals surface area contributed by atoms with Crippen molar-refractivity contribution in [2.45, 2.75) is 6.54 Å². The molecule has 2 amide bonds. The van der Waals surface area contributed by atoms with E-state index in [2.05, 4.69) is 10.6 Å². The first kappa shape index (κ1) is 13.7. The average molecular weight is 272 g/mol. The lowest BCUT2D eigenvalue weighted by molar-refractivity contribution is -0.105. The number of amides is 2. The smallest absolute Gasteiger partial charge is 0.253 e. The standard InChI is InChI=1S/C15H13FN2O2/c16-12-7-5-11(6-8-12)9-17-15(20)13-3-1-2-4-14(13)18-10-19/h1-8,10H,9H2,(H,17,20)(H,18,19). The molecule has 5 heteroatoms. The molecule has 2 N–H and O–H groups in total. The van der Waals surface area contributed by atoms with Crippen LogP contribution in [0.2, 0.25) is 0 Å². The van der Waals surface area contributed by atoms with Gasteiger partial charge in [0.2, 0.25) is 6.41 Å². The topological polar surface area (TPSA) is 58.2 Å². The molecule has 102 valence electrons. The number of hydrogen-bond acceptors (Lipinski definition) is 2. The molecule has 0 unspecified atom stereocenters. The Labute approximate surface area is 115 Å². The highest BCUT2D eigenvalue weighted by Crippen LogP contribution is 2.14. The molecule has 0 spiro atoms. The molecule has 0 heterocycles. The minimum Gasteiger partial charge on any atom is -0.348 e. The number of benzene rings is 2. The molecule has 0 saturated carbocycles. The van der Waals surface area contributed by atoms with Gasteiger partial charge in [-0.3, -0.25) is 9.59 Å². The van der Waals surface area contributed by atoms with Crippen molar-refractivity contribution in [3.63, 3.8) is 0 Å². The normalized spacial score (nSPS) is 9.85. The lowest BCUT2D eigenvalue weighted by Gasteiger charge is -2.09. The molecular weight excluding hydrogens is 259 g/mol. The van der Waals surface area contributed by atoms with Gasteiger partial charge >= 0.3 is 0 Å². The fourth-order valence-corrected chi connectivity index (χ4v) is 1.75. The number of hydrogen-bond donors (Lipinski definition) is 2. The Morgan fingerprint density at radius 1 is 1.10 bits per heavy atom. The van der Waals surface area contributed by atoms with Crippen LogP contribution in [-0.4, -0.2) is 12.3 Å². The molecule has 0 fully saturated rings. The Hall–Kier alpha value is -2.69. The van der Waals surface area contributed by atoms with Crippen LogP contribution in [0.25, 0.3) is 0 Å². The Kier molecular flexibility index (Phi) is 4.44. The summed E-state index contributed by atoms with van der Waals surface area (Å²) in [6.45, 7) is 0.286. The van der Waals surface area contributed by atoms with E-state index in [-0.39, 0.29) is 18.3 Å². The third-order valence-corrected chi connectivity index (χ3v) is 2.75. The number of carbonyl (C=O) groups is 2. The predicted octanol–water partition coefficient (Wildman–Crippen LogP) is 2.32. The quantitative estimate of drug-likeness (QED) is 0.821. The molecule has 0 atom stereocenters. The molecule has 2 rings (SSSR count). The second-order valence-corrected chi connectivity index (χ2v) is 4.12. The van der Waals surface area contributed by atoms with E-state index in [0.717, 1.165) is 5.56 Å². The Bertz CT molecular complexity index is 612. The van der Waals surface area contributed by atoms with Gasteiger partial charge in [0.15, 0.2) is 0 Å². The Morgan fingerprint density at radius 3 is 2.50 bits per heavy atom. The third-order valence-electron chi connectivity index (χ3n) is 2.75. The second-order valence-electron chi connectivity index (χ2n) is 4.12. The molecule has 2 aromatic carbocycles. The van der Waals surface area contributed by atoms with Gasteiger partial charge in [-0.25, -0.2) is 4.39 Å². The molecule has 0 saturated heterocycles.